The smallest absolute Gasteiger partial charge is 0.145 e. The van der Waals surface area contributed by atoms with Crippen molar-refractivity contribution < 1.29 is 4.79 Å². The lowest BCUT2D eigenvalue weighted by Gasteiger charge is -2.35. The van der Waals surface area contributed by atoms with Gasteiger partial charge in [-0.25, -0.2) is 0 Å². The van der Waals surface area contributed by atoms with Gasteiger partial charge in [-0.05, 0) is 44.5 Å². The van der Waals surface area contributed by atoms with Crippen molar-refractivity contribution in [2.45, 2.75) is 32.6 Å². The van der Waals surface area contributed by atoms with Gasteiger partial charge in [0, 0.05) is 22.9 Å². The molecule has 1 aliphatic heterocycles. The minimum Gasteiger partial charge on any atom is -0.317 e. The molecule has 1 aromatic heterocycles. The number of piperidine rings is 1. The second-order valence-electron chi connectivity index (χ2n) is 5.98. The molecule has 3 nitrogen and oxygen atoms in total. The Morgan fingerprint density at radius 2 is 1.95 bits per heavy atom. The van der Waals surface area contributed by atoms with Crippen LogP contribution in [0.2, 0.25) is 0 Å². The van der Waals surface area contributed by atoms with Crippen LogP contribution in [-0.4, -0.2) is 23.9 Å². The summed E-state index contributed by atoms with van der Waals surface area (Å²) < 4.78 is 0. The number of para-hydroxylation sites is 1. The molecule has 0 unspecified atom stereocenters. The van der Waals surface area contributed by atoms with Crippen molar-refractivity contribution in [3.8, 4) is 0 Å². The molecule has 1 aromatic carbocycles. The van der Waals surface area contributed by atoms with Crippen LogP contribution in [0, 0.1) is 5.41 Å². The van der Waals surface area contributed by atoms with E-state index >= 15 is 0 Å². The third-order valence-corrected chi connectivity index (χ3v) is 4.83. The van der Waals surface area contributed by atoms with Crippen molar-refractivity contribution in [1.82, 2.24) is 10.3 Å². The first-order valence-electron chi connectivity index (χ1n) is 7.82. The highest BCUT2D eigenvalue weighted by atomic mass is 16.1. The molecule has 110 valence electrons. The Hall–Kier alpha value is -1.74. The molecule has 21 heavy (non-hydrogen) atoms. The van der Waals surface area contributed by atoms with E-state index < -0.39 is 0 Å². The molecule has 1 N–H and O–H groups in total. The molecular formula is C18H22N2O. The number of Topliss-reactive ketones (excluding diaryl/α,β-unsaturated/α-hetero) is 1. The van der Waals surface area contributed by atoms with Crippen LogP contribution in [0.5, 0.6) is 0 Å². The lowest BCUT2D eigenvalue weighted by atomic mass is 9.72. The predicted molar refractivity (Wildman–Crippen MR) is 85.3 cm³/mol. The Bertz CT molecular complexity index is 644. The lowest BCUT2D eigenvalue weighted by Crippen LogP contribution is -2.42. The van der Waals surface area contributed by atoms with Crippen molar-refractivity contribution in [1.29, 1.82) is 0 Å². The maximum atomic E-state index is 12.8. The maximum Gasteiger partial charge on any atom is 0.145 e. The highest BCUT2D eigenvalue weighted by Gasteiger charge is 2.37. The fourth-order valence-corrected chi connectivity index (χ4v) is 3.29. The second-order valence-corrected chi connectivity index (χ2v) is 5.98. The summed E-state index contributed by atoms with van der Waals surface area (Å²) >= 11 is 0. The largest absolute Gasteiger partial charge is 0.317 e. The van der Waals surface area contributed by atoms with Crippen LogP contribution in [-0.2, 0) is 11.2 Å². The first-order valence-corrected chi connectivity index (χ1v) is 7.82. The van der Waals surface area contributed by atoms with Gasteiger partial charge in [-0.3, -0.25) is 9.78 Å². The molecule has 2 aromatic rings. The molecule has 0 spiro atoms. The Kier molecular flexibility index (Phi) is 4.02. The topological polar surface area (TPSA) is 42.0 Å². The van der Waals surface area contributed by atoms with Gasteiger partial charge in [0.05, 0.1) is 5.52 Å². The molecule has 3 rings (SSSR count). The summed E-state index contributed by atoms with van der Waals surface area (Å²) in [6.07, 6.45) is 3.30. The van der Waals surface area contributed by atoms with E-state index in [-0.39, 0.29) is 5.41 Å². The van der Waals surface area contributed by atoms with Crippen LogP contribution in [0.1, 0.15) is 31.9 Å². The van der Waals surface area contributed by atoms with Gasteiger partial charge >= 0.3 is 0 Å². The Labute approximate surface area is 125 Å². The Morgan fingerprint density at radius 1 is 1.19 bits per heavy atom. The molecule has 3 heteroatoms. The molecule has 0 saturated carbocycles. The van der Waals surface area contributed by atoms with Crippen LogP contribution >= 0.6 is 0 Å². The quantitative estimate of drug-likeness (QED) is 0.937. The van der Waals surface area contributed by atoms with Gasteiger partial charge < -0.3 is 5.32 Å². The fraction of sp³-hybridized carbons (Fsp3) is 0.444. The highest BCUT2D eigenvalue weighted by molar-refractivity contribution is 5.87. The van der Waals surface area contributed by atoms with Crippen molar-refractivity contribution in [2.75, 3.05) is 13.1 Å². The van der Waals surface area contributed by atoms with Gasteiger partial charge in [-0.1, -0.05) is 31.2 Å². The molecule has 0 aliphatic carbocycles. The van der Waals surface area contributed by atoms with Gasteiger partial charge in [0.25, 0.3) is 0 Å². The van der Waals surface area contributed by atoms with Crippen LogP contribution in [0.4, 0.5) is 0 Å². The summed E-state index contributed by atoms with van der Waals surface area (Å²) in [7, 11) is 0. The number of benzene rings is 1. The number of carbonyl (C=O) groups excluding carboxylic acids is 1. The number of rotatable bonds is 4. The zero-order valence-electron chi connectivity index (χ0n) is 12.6. The van der Waals surface area contributed by atoms with E-state index in [0.717, 1.165) is 48.9 Å². The van der Waals surface area contributed by atoms with E-state index in [1.807, 2.05) is 30.3 Å². The zero-order chi connectivity index (χ0) is 14.7. The molecule has 2 heterocycles. The molecule has 0 radical (unpaired) electrons. The van der Waals surface area contributed by atoms with E-state index in [1.54, 1.807) is 0 Å². The summed E-state index contributed by atoms with van der Waals surface area (Å²) in [6, 6.07) is 12.1. The number of fused-ring (bicyclic) bond motifs is 1. The van der Waals surface area contributed by atoms with Crippen molar-refractivity contribution >= 4 is 16.7 Å². The second kappa shape index (κ2) is 5.94. The number of nitrogens with zero attached hydrogens (tertiary/aromatic N) is 1. The average molecular weight is 282 g/mol. The lowest BCUT2D eigenvalue weighted by molar-refractivity contribution is -0.129. The van der Waals surface area contributed by atoms with Crippen LogP contribution in [0.3, 0.4) is 0 Å². The van der Waals surface area contributed by atoms with Crippen molar-refractivity contribution in [2.24, 2.45) is 5.41 Å². The van der Waals surface area contributed by atoms with Gasteiger partial charge in [0.2, 0.25) is 0 Å². The van der Waals surface area contributed by atoms with E-state index in [9.17, 15) is 4.79 Å². The van der Waals surface area contributed by atoms with Gasteiger partial charge in [0.15, 0.2) is 0 Å². The fourth-order valence-electron chi connectivity index (χ4n) is 3.29. The van der Waals surface area contributed by atoms with Crippen molar-refractivity contribution in [3.05, 3.63) is 42.1 Å². The highest BCUT2D eigenvalue weighted by Crippen LogP contribution is 2.34. The minimum absolute atomic E-state index is 0.140. The van der Waals surface area contributed by atoms with Gasteiger partial charge in [0.1, 0.15) is 5.78 Å². The average Bonchev–Trinajstić information content (AvgIpc) is 2.55. The first kappa shape index (κ1) is 14.2. The van der Waals surface area contributed by atoms with Crippen LogP contribution in [0.25, 0.3) is 10.9 Å². The number of hydrogen-bond donors (Lipinski definition) is 1. The Balaban J connectivity index is 1.81. The summed E-state index contributed by atoms with van der Waals surface area (Å²) in [6.45, 7) is 4.03. The number of aromatic nitrogens is 1. The minimum atomic E-state index is -0.140. The molecule has 1 saturated heterocycles. The van der Waals surface area contributed by atoms with Gasteiger partial charge in [-0.2, -0.15) is 0 Å². The van der Waals surface area contributed by atoms with E-state index in [1.165, 1.54) is 0 Å². The van der Waals surface area contributed by atoms with E-state index in [0.29, 0.717) is 12.2 Å². The number of ketones is 1. The Morgan fingerprint density at radius 3 is 2.71 bits per heavy atom. The standard InChI is InChI=1S/C18H22N2O/c1-2-18(9-11-19-12-10-18)17(21)13-15-8-7-14-5-3-4-6-16(14)20-15/h3-8,19H,2,9-13H2,1H3. The molecular weight excluding hydrogens is 260 g/mol. The molecule has 1 aliphatic rings. The van der Waals surface area contributed by atoms with Crippen LogP contribution in [0.15, 0.2) is 36.4 Å². The number of carbonyl (C=O) groups is 1. The molecule has 1 fully saturated rings. The first-order chi connectivity index (χ1) is 10.2. The van der Waals surface area contributed by atoms with Gasteiger partial charge in [-0.15, -0.1) is 0 Å². The SMILES string of the molecule is CCC1(C(=O)Cc2ccc3ccccc3n2)CCNCC1. The zero-order valence-corrected chi connectivity index (χ0v) is 12.6. The number of pyridine rings is 1. The molecule has 0 atom stereocenters. The summed E-state index contributed by atoms with van der Waals surface area (Å²) in [5.41, 5.74) is 1.72. The molecule has 0 bridgehead atoms. The summed E-state index contributed by atoms with van der Waals surface area (Å²) in [4.78, 5) is 17.4. The van der Waals surface area contributed by atoms with E-state index in [2.05, 4.69) is 23.3 Å². The third kappa shape index (κ3) is 2.84. The molecule has 0 amide bonds. The summed E-state index contributed by atoms with van der Waals surface area (Å²) in [5.74, 6) is 0.356. The monoisotopic (exact) mass is 282 g/mol. The maximum absolute atomic E-state index is 12.8. The van der Waals surface area contributed by atoms with Crippen LogP contribution < -0.4 is 5.32 Å². The van der Waals surface area contributed by atoms with E-state index in [4.69, 9.17) is 0 Å². The number of hydrogen-bond acceptors (Lipinski definition) is 3. The predicted octanol–water partition coefficient (Wildman–Crippen LogP) is 3.13. The third-order valence-electron chi connectivity index (χ3n) is 4.83. The normalized spacial score (nSPS) is 17.8. The van der Waals surface area contributed by atoms with Crippen molar-refractivity contribution in [3.63, 3.8) is 0 Å². The number of nitrogens with one attached hydrogen (secondary N) is 1. The summed E-state index contributed by atoms with van der Waals surface area (Å²) in [5, 5.41) is 4.47.